The van der Waals surface area contributed by atoms with E-state index in [1.165, 1.54) is 14.7 Å². The third kappa shape index (κ3) is 7.51. The fourth-order valence-electron chi connectivity index (χ4n) is 6.10. The lowest BCUT2D eigenvalue weighted by Gasteiger charge is -2.22. The molecule has 0 spiro atoms. The number of amides is 3. The predicted octanol–water partition coefficient (Wildman–Crippen LogP) is 8.70. The molecule has 0 aliphatic rings. The summed E-state index contributed by atoms with van der Waals surface area (Å²) in [4.78, 5) is 60.1. The van der Waals surface area contributed by atoms with Crippen molar-refractivity contribution in [3.8, 4) is 33.8 Å². The second-order valence-corrected chi connectivity index (χ2v) is 12.7. The Morgan fingerprint density at radius 1 is 0.370 bits per heavy atom. The molecule has 4 aromatic carbocycles. The van der Waals surface area contributed by atoms with Gasteiger partial charge in [0, 0.05) is 90.2 Å². The first-order valence-electron chi connectivity index (χ1n) is 17.3. The van der Waals surface area contributed by atoms with Crippen LogP contribution in [-0.2, 0) is 0 Å². The average Bonchev–Trinajstić information content (AvgIpc) is 3.25. The van der Waals surface area contributed by atoms with E-state index in [1.807, 2.05) is 127 Å². The van der Waals surface area contributed by atoms with Crippen LogP contribution in [0, 0.1) is 0 Å². The summed E-state index contributed by atoms with van der Waals surface area (Å²) in [6, 6.07) is 44.2. The molecule has 3 aromatic heterocycles. The van der Waals surface area contributed by atoms with E-state index in [1.54, 1.807) is 57.9 Å². The van der Waals surface area contributed by atoms with Crippen molar-refractivity contribution in [2.75, 3.05) is 35.8 Å². The van der Waals surface area contributed by atoms with Crippen LogP contribution in [0.15, 0.2) is 164 Å². The number of hydrogen-bond acceptors (Lipinski definition) is 6. The van der Waals surface area contributed by atoms with E-state index in [4.69, 9.17) is 0 Å². The molecule has 0 aliphatic carbocycles. The predicted molar refractivity (Wildman–Crippen MR) is 214 cm³/mol. The molecule has 9 nitrogen and oxygen atoms in total. The molecule has 7 rings (SSSR count). The fraction of sp³-hybridized carbons (Fsp3) is 0.0667. The Kier molecular flexibility index (Phi) is 10.1. The van der Waals surface area contributed by atoms with Crippen molar-refractivity contribution >= 4 is 34.8 Å². The van der Waals surface area contributed by atoms with Crippen LogP contribution in [0.3, 0.4) is 0 Å². The first kappa shape index (κ1) is 35.2. The van der Waals surface area contributed by atoms with Gasteiger partial charge in [0.2, 0.25) is 0 Å². The maximum Gasteiger partial charge on any atom is 0.258 e. The van der Waals surface area contributed by atoms with E-state index in [0.29, 0.717) is 17.1 Å². The van der Waals surface area contributed by atoms with E-state index < -0.39 is 0 Å². The number of nitrogens with zero attached hydrogens (tertiary/aromatic N) is 6. The van der Waals surface area contributed by atoms with Crippen LogP contribution in [0.5, 0.6) is 0 Å². The second-order valence-electron chi connectivity index (χ2n) is 12.7. The lowest BCUT2D eigenvalue weighted by molar-refractivity contribution is 0.0992. The van der Waals surface area contributed by atoms with Gasteiger partial charge in [-0.05, 0) is 91.0 Å². The Hall–Kier alpha value is -7.26. The number of benzene rings is 4. The van der Waals surface area contributed by atoms with Crippen molar-refractivity contribution in [2.45, 2.75) is 0 Å². The highest BCUT2D eigenvalue weighted by Gasteiger charge is 2.24. The summed E-state index contributed by atoms with van der Waals surface area (Å²) < 4.78 is 0. The zero-order valence-electron chi connectivity index (χ0n) is 30.0. The fourth-order valence-corrected chi connectivity index (χ4v) is 6.10. The molecule has 0 unspecified atom stereocenters. The molecular formula is C45H36N6O3. The third-order valence-corrected chi connectivity index (χ3v) is 9.23. The lowest BCUT2D eigenvalue weighted by atomic mass is 10.0. The average molecular weight is 709 g/mol. The van der Waals surface area contributed by atoms with Gasteiger partial charge in [0.05, 0.1) is 17.1 Å². The summed E-state index contributed by atoms with van der Waals surface area (Å²) in [7, 11) is 5.00. The topological polar surface area (TPSA) is 99.6 Å². The first-order valence-corrected chi connectivity index (χ1v) is 17.3. The highest BCUT2D eigenvalue weighted by Crippen LogP contribution is 2.27. The van der Waals surface area contributed by atoms with Crippen LogP contribution in [0.2, 0.25) is 0 Å². The Labute approximate surface area is 313 Å². The van der Waals surface area contributed by atoms with Gasteiger partial charge in [-0.25, -0.2) is 0 Å². The van der Waals surface area contributed by atoms with Gasteiger partial charge in [-0.3, -0.25) is 29.3 Å². The van der Waals surface area contributed by atoms with Gasteiger partial charge in [0.15, 0.2) is 0 Å². The largest absolute Gasteiger partial charge is 0.311 e. The molecule has 0 saturated carbocycles. The van der Waals surface area contributed by atoms with Gasteiger partial charge in [0.1, 0.15) is 0 Å². The van der Waals surface area contributed by atoms with Crippen LogP contribution in [0.25, 0.3) is 33.8 Å². The highest BCUT2D eigenvalue weighted by molar-refractivity contribution is 6.14. The maximum atomic E-state index is 14.1. The van der Waals surface area contributed by atoms with Crippen LogP contribution in [0.1, 0.15) is 31.1 Å². The molecule has 0 N–H and O–H groups in total. The molecule has 264 valence electrons. The Morgan fingerprint density at radius 3 is 0.852 bits per heavy atom. The van der Waals surface area contributed by atoms with Crippen molar-refractivity contribution in [3.05, 3.63) is 181 Å². The smallest absolute Gasteiger partial charge is 0.258 e. The Balaban J connectivity index is 1.20. The number of carbonyl (C=O) groups is 3. The molecule has 9 heteroatoms. The monoisotopic (exact) mass is 708 g/mol. The second kappa shape index (κ2) is 15.5. The molecule has 0 bridgehead atoms. The van der Waals surface area contributed by atoms with Gasteiger partial charge < -0.3 is 14.7 Å². The summed E-state index contributed by atoms with van der Waals surface area (Å²) in [6.45, 7) is 0. The third-order valence-electron chi connectivity index (χ3n) is 9.23. The molecule has 0 radical (unpaired) electrons. The Morgan fingerprint density at radius 2 is 0.630 bits per heavy atom. The minimum absolute atomic E-state index is 0.193. The zero-order valence-corrected chi connectivity index (χ0v) is 30.0. The van der Waals surface area contributed by atoms with Gasteiger partial charge >= 0.3 is 0 Å². The zero-order chi connectivity index (χ0) is 37.6. The van der Waals surface area contributed by atoms with Gasteiger partial charge in [-0.1, -0.05) is 54.6 Å². The molecule has 3 amide bonds. The standard InChI is InChI=1S/C45H36N6O3/c1-49(37-19-13-31(14-20-37)40-10-4-7-25-46-40)43(52)34-28-35(44(53)50(2)38-21-15-32(16-22-38)41-11-5-8-26-47-41)30-36(29-34)45(54)51(3)39-23-17-33(18-24-39)42-12-6-9-27-48-42/h4-30H,1-3H3. The van der Waals surface area contributed by atoms with Crippen molar-refractivity contribution in [2.24, 2.45) is 0 Å². The Bertz CT molecular complexity index is 2120. The van der Waals surface area contributed by atoms with E-state index >= 15 is 0 Å². The van der Waals surface area contributed by atoms with E-state index in [0.717, 1.165) is 33.8 Å². The molecule has 3 heterocycles. The van der Waals surface area contributed by atoms with Gasteiger partial charge in [0.25, 0.3) is 17.7 Å². The summed E-state index contributed by atoms with van der Waals surface area (Å²) in [5.74, 6) is -1.14. The number of rotatable bonds is 9. The summed E-state index contributed by atoms with van der Waals surface area (Å²) >= 11 is 0. The lowest BCUT2D eigenvalue weighted by Crippen LogP contribution is -2.31. The molecule has 0 atom stereocenters. The van der Waals surface area contributed by atoms with Crippen molar-refractivity contribution in [1.29, 1.82) is 0 Å². The van der Waals surface area contributed by atoms with Crippen LogP contribution >= 0.6 is 0 Å². The van der Waals surface area contributed by atoms with Gasteiger partial charge in [-0.2, -0.15) is 0 Å². The van der Waals surface area contributed by atoms with Gasteiger partial charge in [-0.15, -0.1) is 0 Å². The van der Waals surface area contributed by atoms with E-state index in [2.05, 4.69) is 15.0 Å². The van der Waals surface area contributed by atoms with Crippen LogP contribution in [0.4, 0.5) is 17.1 Å². The number of anilines is 3. The summed E-state index contributed by atoms with van der Waals surface area (Å²) in [6.07, 6.45) is 5.19. The molecule has 54 heavy (non-hydrogen) atoms. The van der Waals surface area contributed by atoms with E-state index in [9.17, 15) is 14.4 Å². The normalized spacial score (nSPS) is 10.7. The molecule has 0 aliphatic heterocycles. The van der Waals surface area contributed by atoms with Crippen LogP contribution < -0.4 is 14.7 Å². The molecule has 0 saturated heterocycles. The minimum Gasteiger partial charge on any atom is -0.311 e. The molecule has 0 fully saturated rings. The van der Waals surface area contributed by atoms with Crippen molar-refractivity contribution < 1.29 is 14.4 Å². The van der Waals surface area contributed by atoms with Crippen molar-refractivity contribution in [3.63, 3.8) is 0 Å². The number of pyridine rings is 3. The van der Waals surface area contributed by atoms with Crippen LogP contribution in [-0.4, -0.2) is 53.8 Å². The highest BCUT2D eigenvalue weighted by atomic mass is 16.2. The first-order chi connectivity index (χ1) is 26.3. The summed E-state index contributed by atoms with van der Waals surface area (Å²) in [5, 5.41) is 0. The number of aromatic nitrogens is 3. The van der Waals surface area contributed by atoms with E-state index in [-0.39, 0.29) is 34.4 Å². The summed E-state index contributed by atoms with van der Waals surface area (Å²) in [5.41, 5.74) is 7.68. The van der Waals surface area contributed by atoms with Crippen molar-refractivity contribution in [1.82, 2.24) is 15.0 Å². The minimum atomic E-state index is -0.381. The molecular weight excluding hydrogens is 673 g/mol. The maximum absolute atomic E-state index is 14.1. The number of carbonyl (C=O) groups excluding carboxylic acids is 3. The molecule has 7 aromatic rings. The quantitative estimate of drug-likeness (QED) is 0.149. The number of hydrogen-bond donors (Lipinski definition) is 0. The SMILES string of the molecule is CN(C(=O)c1cc(C(=O)N(C)c2ccc(-c3ccccn3)cc2)cc(C(=O)N(C)c2ccc(-c3ccccn3)cc2)c1)c1ccc(-c2ccccn2)cc1.